The van der Waals surface area contributed by atoms with Gasteiger partial charge in [0.25, 0.3) is 0 Å². The van der Waals surface area contributed by atoms with E-state index in [1.54, 1.807) is 12.1 Å². The summed E-state index contributed by atoms with van der Waals surface area (Å²) in [6, 6.07) is 10.4. The highest BCUT2D eigenvalue weighted by molar-refractivity contribution is 5.93. The summed E-state index contributed by atoms with van der Waals surface area (Å²) in [5.74, 6) is -0.240. The fourth-order valence-electron chi connectivity index (χ4n) is 2.16. The van der Waals surface area contributed by atoms with Crippen LogP contribution in [-0.2, 0) is 4.74 Å². The lowest BCUT2D eigenvalue weighted by Gasteiger charge is -2.07. The van der Waals surface area contributed by atoms with Gasteiger partial charge in [0, 0.05) is 11.7 Å². The van der Waals surface area contributed by atoms with Crippen molar-refractivity contribution in [3.05, 3.63) is 70.3 Å². The van der Waals surface area contributed by atoms with Gasteiger partial charge in [-0.25, -0.2) is 9.18 Å². The van der Waals surface area contributed by atoms with E-state index < -0.39 is 11.4 Å². The zero-order valence-electron chi connectivity index (χ0n) is 12.1. The highest BCUT2D eigenvalue weighted by atomic mass is 19.1. The van der Waals surface area contributed by atoms with Crippen LogP contribution >= 0.6 is 0 Å². The molecule has 5 nitrogen and oxygen atoms in total. The molecule has 1 heterocycles. The molecule has 0 aliphatic carbocycles. The number of halogens is 1. The number of pyridine rings is 1. The van der Waals surface area contributed by atoms with E-state index in [1.807, 2.05) is 0 Å². The molecule has 0 saturated heterocycles. The normalized spacial score (nSPS) is 10.5. The minimum atomic E-state index is -0.710. The molecule has 1 N–H and O–H groups in total. The Bertz CT molecular complexity index is 931. The molecule has 0 saturated carbocycles. The summed E-state index contributed by atoms with van der Waals surface area (Å²) >= 11 is 0. The maximum atomic E-state index is 12.9. The van der Waals surface area contributed by atoms with Crippen molar-refractivity contribution in [2.45, 2.75) is 0 Å². The molecule has 0 atom stereocenters. The summed E-state index contributed by atoms with van der Waals surface area (Å²) in [7, 11) is 1.21. The number of ether oxygens (including phenoxy) is 2. The number of aromatic amines is 1. The molecule has 0 radical (unpaired) electrons. The zero-order chi connectivity index (χ0) is 16.4. The first-order chi connectivity index (χ1) is 11.1. The zero-order valence-corrected chi connectivity index (χ0v) is 12.1. The summed E-state index contributed by atoms with van der Waals surface area (Å²) in [6.07, 6.45) is 1.32. The molecule has 23 heavy (non-hydrogen) atoms. The minimum Gasteiger partial charge on any atom is -0.465 e. The van der Waals surface area contributed by atoms with Crippen molar-refractivity contribution in [3.8, 4) is 11.5 Å². The number of carbonyl (C=O) groups is 1. The molecule has 0 spiro atoms. The van der Waals surface area contributed by atoms with E-state index in [-0.39, 0.29) is 11.4 Å². The maximum Gasteiger partial charge on any atom is 0.343 e. The molecule has 0 amide bonds. The topological polar surface area (TPSA) is 68.4 Å². The summed E-state index contributed by atoms with van der Waals surface area (Å²) in [6.45, 7) is 0. The standard InChI is InChI=1S/C17H12FNO4/c1-22-17(21)14-9-19-15-7-6-12(8-13(15)16(14)20)23-11-4-2-10(18)3-5-11/h2-9H,1H3,(H,19,20). The largest absolute Gasteiger partial charge is 0.465 e. The van der Waals surface area contributed by atoms with Crippen LogP contribution in [0.25, 0.3) is 10.9 Å². The highest BCUT2D eigenvalue weighted by Gasteiger charge is 2.13. The van der Waals surface area contributed by atoms with Gasteiger partial charge in [0.15, 0.2) is 0 Å². The molecule has 0 aliphatic heterocycles. The van der Waals surface area contributed by atoms with Crippen molar-refractivity contribution in [3.63, 3.8) is 0 Å². The Morgan fingerprint density at radius 1 is 1.09 bits per heavy atom. The monoisotopic (exact) mass is 313 g/mol. The molecular weight excluding hydrogens is 301 g/mol. The lowest BCUT2D eigenvalue weighted by atomic mass is 10.1. The number of esters is 1. The number of nitrogens with one attached hydrogen (secondary N) is 1. The van der Waals surface area contributed by atoms with Crippen LogP contribution in [0.5, 0.6) is 11.5 Å². The predicted molar refractivity (Wildman–Crippen MR) is 82.4 cm³/mol. The van der Waals surface area contributed by atoms with E-state index in [1.165, 1.54) is 43.6 Å². The summed E-state index contributed by atoms with van der Waals surface area (Å²) in [4.78, 5) is 26.8. The van der Waals surface area contributed by atoms with Gasteiger partial charge in [-0.2, -0.15) is 0 Å². The van der Waals surface area contributed by atoms with Gasteiger partial charge in [-0.05, 0) is 42.5 Å². The van der Waals surface area contributed by atoms with E-state index in [4.69, 9.17) is 4.74 Å². The molecule has 6 heteroatoms. The number of aromatic nitrogens is 1. The van der Waals surface area contributed by atoms with Crippen molar-refractivity contribution >= 4 is 16.9 Å². The van der Waals surface area contributed by atoms with Crippen LogP contribution in [0.15, 0.2) is 53.5 Å². The highest BCUT2D eigenvalue weighted by Crippen LogP contribution is 2.24. The third-order valence-corrected chi connectivity index (χ3v) is 3.31. The summed E-state index contributed by atoms with van der Waals surface area (Å²) < 4.78 is 23.1. The number of carbonyl (C=O) groups excluding carboxylic acids is 1. The van der Waals surface area contributed by atoms with Crippen LogP contribution < -0.4 is 10.2 Å². The Kier molecular flexibility index (Phi) is 3.80. The van der Waals surface area contributed by atoms with Gasteiger partial charge >= 0.3 is 5.97 Å². The molecule has 3 rings (SSSR count). The quantitative estimate of drug-likeness (QED) is 0.754. The molecule has 0 bridgehead atoms. The summed E-state index contributed by atoms with van der Waals surface area (Å²) in [5, 5.41) is 0.299. The third-order valence-electron chi connectivity index (χ3n) is 3.31. The van der Waals surface area contributed by atoms with Crippen LogP contribution in [0.1, 0.15) is 10.4 Å². The van der Waals surface area contributed by atoms with Crippen LogP contribution in [-0.4, -0.2) is 18.1 Å². The smallest absolute Gasteiger partial charge is 0.343 e. The molecular formula is C17H12FNO4. The second-order valence-corrected chi connectivity index (χ2v) is 4.79. The van der Waals surface area contributed by atoms with Gasteiger partial charge in [-0.3, -0.25) is 4.79 Å². The van der Waals surface area contributed by atoms with Crippen LogP contribution in [0.2, 0.25) is 0 Å². The van der Waals surface area contributed by atoms with E-state index in [0.717, 1.165) is 0 Å². The van der Waals surface area contributed by atoms with Crippen LogP contribution in [0.4, 0.5) is 4.39 Å². The van der Waals surface area contributed by atoms with E-state index >= 15 is 0 Å². The third kappa shape index (κ3) is 2.91. The average Bonchev–Trinajstić information content (AvgIpc) is 2.57. The number of hydrogen-bond donors (Lipinski definition) is 1. The van der Waals surface area contributed by atoms with E-state index in [9.17, 15) is 14.0 Å². The van der Waals surface area contributed by atoms with Gasteiger partial charge in [0.2, 0.25) is 5.43 Å². The number of H-pyrrole nitrogens is 1. The second kappa shape index (κ2) is 5.92. The fourth-order valence-corrected chi connectivity index (χ4v) is 2.16. The van der Waals surface area contributed by atoms with Gasteiger partial charge in [-0.1, -0.05) is 0 Å². The van der Waals surface area contributed by atoms with Crippen molar-refractivity contribution in [2.24, 2.45) is 0 Å². The molecule has 116 valence electrons. The van der Waals surface area contributed by atoms with Crippen LogP contribution in [0.3, 0.4) is 0 Å². The van der Waals surface area contributed by atoms with Crippen molar-refractivity contribution < 1.29 is 18.7 Å². The molecule has 2 aromatic carbocycles. The van der Waals surface area contributed by atoms with E-state index in [0.29, 0.717) is 22.4 Å². The second-order valence-electron chi connectivity index (χ2n) is 4.79. The maximum absolute atomic E-state index is 12.9. The van der Waals surface area contributed by atoms with Crippen LogP contribution in [0, 0.1) is 5.82 Å². The Labute approximate surface area is 130 Å². The van der Waals surface area contributed by atoms with Gasteiger partial charge in [0.05, 0.1) is 12.5 Å². The Hall–Kier alpha value is -3.15. The van der Waals surface area contributed by atoms with Gasteiger partial charge in [0.1, 0.15) is 22.9 Å². The Morgan fingerprint density at radius 3 is 2.48 bits per heavy atom. The Morgan fingerprint density at radius 2 is 1.78 bits per heavy atom. The molecule has 0 aliphatic rings. The number of benzene rings is 2. The first-order valence-electron chi connectivity index (χ1n) is 6.75. The predicted octanol–water partition coefficient (Wildman–Crippen LogP) is 3.25. The number of methoxy groups -OCH3 is 1. The first kappa shape index (κ1) is 14.8. The fraction of sp³-hybridized carbons (Fsp3) is 0.0588. The van der Waals surface area contributed by atoms with E-state index in [2.05, 4.69) is 9.72 Å². The lowest BCUT2D eigenvalue weighted by molar-refractivity contribution is 0.0599. The SMILES string of the molecule is COC(=O)c1c[nH]c2ccc(Oc3ccc(F)cc3)cc2c1=O. The minimum absolute atomic E-state index is 0.0843. The van der Waals surface area contributed by atoms with Crippen molar-refractivity contribution in [2.75, 3.05) is 7.11 Å². The lowest BCUT2D eigenvalue weighted by Crippen LogP contribution is -2.16. The molecule has 0 fully saturated rings. The van der Waals surface area contributed by atoms with Crippen molar-refractivity contribution in [1.82, 2.24) is 4.98 Å². The molecule has 1 aromatic heterocycles. The molecule has 0 unspecified atom stereocenters. The average molecular weight is 313 g/mol. The summed E-state index contributed by atoms with van der Waals surface area (Å²) in [5.41, 5.74) is 0.0307. The number of fused-ring (bicyclic) bond motifs is 1. The number of rotatable bonds is 3. The van der Waals surface area contributed by atoms with Gasteiger partial charge < -0.3 is 14.5 Å². The van der Waals surface area contributed by atoms with Crippen molar-refractivity contribution in [1.29, 1.82) is 0 Å². The number of hydrogen-bond acceptors (Lipinski definition) is 4. The Balaban J connectivity index is 2.03. The first-order valence-corrected chi connectivity index (χ1v) is 6.75. The van der Waals surface area contributed by atoms with Gasteiger partial charge in [-0.15, -0.1) is 0 Å². The molecule has 3 aromatic rings.